The van der Waals surface area contributed by atoms with Crippen molar-refractivity contribution in [2.75, 3.05) is 7.11 Å². The first-order valence-corrected chi connectivity index (χ1v) is 5.79. The molecule has 0 fully saturated rings. The van der Waals surface area contributed by atoms with Gasteiger partial charge in [0.25, 0.3) is 0 Å². The Labute approximate surface area is 102 Å². The molecule has 0 aliphatic heterocycles. The molecule has 0 saturated heterocycles. The smallest absolute Gasteiger partial charge is 0.165 e. The van der Waals surface area contributed by atoms with Gasteiger partial charge in [-0.05, 0) is 37.5 Å². The lowest BCUT2D eigenvalue weighted by Gasteiger charge is -2.19. The molecule has 0 aromatic heterocycles. The second-order valence-corrected chi connectivity index (χ2v) is 4.30. The van der Waals surface area contributed by atoms with Crippen molar-refractivity contribution < 1.29 is 14.6 Å². The third-order valence-electron chi connectivity index (χ3n) is 3.17. The van der Waals surface area contributed by atoms with Gasteiger partial charge in [0, 0.05) is 12.0 Å². The molecule has 0 aliphatic rings. The average molecular weight is 236 g/mol. The zero-order valence-corrected chi connectivity index (χ0v) is 11.1. The number of hydrogen-bond donors (Lipinski definition) is 1. The van der Waals surface area contributed by atoms with Gasteiger partial charge in [-0.15, -0.1) is 0 Å². The van der Waals surface area contributed by atoms with E-state index in [1.54, 1.807) is 14.0 Å². The maximum absolute atomic E-state index is 11.6. The molecule has 0 saturated carbocycles. The van der Waals surface area contributed by atoms with Gasteiger partial charge < -0.3 is 9.84 Å². The lowest BCUT2D eigenvalue weighted by Crippen LogP contribution is -2.14. The fourth-order valence-corrected chi connectivity index (χ4v) is 2.03. The molecule has 0 radical (unpaired) electrons. The second kappa shape index (κ2) is 5.32. The lowest BCUT2D eigenvalue weighted by molar-refractivity contribution is -0.127. The number of benzene rings is 1. The summed E-state index contributed by atoms with van der Waals surface area (Å²) in [5.41, 5.74) is 3.55. The minimum Gasteiger partial charge on any atom is -0.496 e. The van der Waals surface area contributed by atoms with Crippen LogP contribution in [0.5, 0.6) is 5.75 Å². The molecule has 1 unspecified atom stereocenters. The van der Waals surface area contributed by atoms with Gasteiger partial charge in [-0.1, -0.05) is 13.0 Å². The van der Waals surface area contributed by atoms with Crippen LogP contribution in [0.1, 0.15) is 41.7 Å². The van der Waals surface area contributed by atoms with E-state index in [1.165, 1.54) is 0 Å². The van der Waals surface area contributed by atoms with Crippen molar-refractivity contribution in [1.29, 1.82) is 0 Å². The third-order valence-corrected chi connectivity index (χ3v) is 3.17. The number of ketones is 1. The fraction of sp³-hybridized carbons (Fsp3) is 0.500. The number of hydrogen-bond acceptors (Lipinski definition) is 3. The highest BCUT2D eigenvalue weighted by atomic mass is 16.5. The van der Waals surface area contributed by atoms with Crippen LogP contribution in [0.4, 0.5) is 0 Å². The maximum Gasteiger partial charge on any atom is 0.165 e. The molecule has 3 nitrogen and oxygen atoms in total. The number of aliphatic hydroxyl groups is 1. The Morgan fingerprint density at radius 1 is 1.35 bits per heavy atom. The number of ether oxygens (including phenoxy) is 1. The summed E-state index contributed by atoms with van der Waals surface area (Å²) in [6, 6.07) is 1.97. The van der Waals surface area contributed by atoms with Crippen LogP contribution in [-0.2, 0) is 4.79 Å². The quantitative estimate of drug-likeness (QED) is 0.874. The van der Waals surface area contributed by atoms with E-state index in [1.807, 2.05) is 26.8 Å². The van der Waals surface area contributed by atoms with E-state index in [-0.39, 0.29) is 5.78 Å². The van der Waals surface area contributed by atoms with Crippen molar-refractivity contribution in [1.82, 2.24) is 0 Å². The van der Waals surface area contributed by atoms with E-state index in [0.717, 1.165) is 16.7 Å². The van der Waals surface area contributed by atoms with Crippen molar-refractivity contribution in [3.63, 3.8) is 0 Å². The van der Waals surface area contributed by atoms with Crippen molar-refractivity contribution in [3.8, 4) is 5.75 Å². The lowest BCUT2D eigenvalue weighted by atomic mass is 9.93. The van der Waals surface area contributed by atoms with Crippen LogP contribution >= 0.6 is 0 Å². The number of aryl methyl sites for hydroxylation is 2. The SMILES string of the molecule is CCC(=O)C(O)c1c(C)cc(C)c(C)c1OC. The molecule has 0 bridgehead atoms. The Hall–Kier alpha value is -1.35. The van der Waals surface area contributed by atoms with Crippen molar-refractivity contribution in [2.45, 2.75) is 40.2 Å². The van der Waals surface area contributed by atoms with Crippen LogP contribution in [0, 0.1) is 20.8 Å². The van der Waals surface area contributed by atoms with E-state index in [0.29, 0.717) is 17.7 Å². The first kappa shape index (κ1) is 13.7. The van der Waals surface area contributed by atoms with Crippen LogP contribution in [0.2, 0.25) is 0 Å². The summed E-state index contributed by atoms with van der Waals surface area (Å²) in [5, 5.41) is 10.1. The fourth-order valence-electron chi connectivity index (χ4n) is 2.03. The molecule has 1 rings (SSSR count). The molecule has 0 amide bonds. The summed E-state index contributed by atoms with van der Waals surface area (Å²) < 4.78 is 5.34. The van der Waals surface area contributed by atoms with Gasteiger partial charge in [0.05, 0.1) is 7.11 Å². The molecule has 1 aromatic rings. The largest absolute Gasteiger partial charge is 0.496 e. The molecule has 17 heavy (non-hydrogen) atoms. The number of aliphatic hydroxyl groups excluding tert-OH is 1. The number of carbonyl (C=O) groups excluding carboxylic acids is 1. The monoisotopic (exact) mass is 236 g/mol. The van der Waals surface area contributed by atoms with Crippen LogP contribution in [0.25, 0.3) is 0 Å². The normalized spacial score (nSPS) is 12.4. The molecule has 1 aromatic carbocycles. The van der Waals surface area contributed by atoms with Gasteiger partial charge in [0.15, 0.2) is 5.78 Å². The second-order valence-electron chi connectivity index (χ2n) is 4.30. The Bertz CT molecular complexity index is 436. The van der Waals surface area contributed by atoms with Crippen molar-refractivity contribution in [3.05, 3.63) is 28.3 Å². The Balaban J connectivity index is 3.41. The molecular weight excluding hydrogens is 216 g/mol. The molecular formula is C14H20O3. The van der Waals surface area contributed by atoms with Gasteiger partial charge in [-0.3, -0.25) is 4.79 Å². The summed E-state index contributed by atoms with van der Waals surface area (Å²) >= 11 is 0. The predicted molar refractivity (Wildman–Crippen MR) is 67.5 cm³/mol. The van der Waals surface area contributed by atoms with Gasteiger partial charge in [-0.25, -0.2) is 0 Å². The first-order valence-electron chi connectivity index (χ1n) is 5.79. The van der Waals surface area contributed by atoms with Gasteiger partial charge in [0.1, 0.15) is 11.9 Å². The van der Waals surface area contributed by atoms with E-state index >= 15 is 0 Å². The minimum absolute atomic E-state index is 0.186. The summed E-state index contributed by atoms with van der Waals surface area (Å²) in [6.07, 6.45) is -0.773. The van der Waals surface area contributed by atoms with E-state index in [4.69, 9.17) is 4.74 Å². The molecule has 0 heterocycles. The van der Waals surface area contributed by atoms with E-state index < -0.39 is 6.10 Å². The van der Waals surface area contributed by atoms with Gasteiger partial charge >= 0.3 is 0 Å². The van der Waals surface area contributed by atoms with Crippen LogP contribution < -0.4 is 4.74 Å². The molecule has 0 spiro atoms. The Morgan fingerprint density at radius 3 is 2.41 bits per heavy atom. The summed E-state index contributed by atoms with van der Waals surface area (Å²) in [7, 11) is 1.56. The first-order chi connectivity index (χ1) is 7.93. The van der Waals surface area contributed by atoms with E-state index in [2.05, 4.69) is 0 Å². The maximum atomic E-state index is 11.6. The number of carbonyl (C=O) groups is 1. The predicted octanol–water partition coefficient (Wildman–Crippen LogP) is 2.63. The van der Waals surface area contributed by atoms with Crippen LogP contribution in [-0.4, -0.2) is 18.0 Å². The van der Waals surface area contributed by atoms with Gasteiger partial charge in [-0.2, -0.15) is 0 Å². The highest BCUT2D eigenvalue weighted by Gasteiger charge is 2.23. The Kier molecular flexibility index (Phi) is 4.29. The van der Waals surface area contributed by atoms with E-state index in [9.17, 15) is 9.90 Å². The highest BCUT2D eigenvalue weighted by molar-refractivity contribution is 5.85. The number of rotatable bonds is 4. The number of methoxy groups -OCH3 is 1. The summed E-state index contributed by atoms with van der Waals surface area (Å²) in [5.74, 6) is 0.437. The standard InChI is InChI=1S/C14H20O3/c1-6-11(15)13(16)12-9(3)7-8(2)10(4)14(12)17-5/h7,13,16H,6H2,1-5H3. The molecule has 94 valence electrons. The number of Topliss-reactive ketones (excluding diaryl/α,β-unsaturated/α-hetero) is 1. The molecule has 3 heteroatoms. The van der Waals surface area contributed by atoms with Crippen molar-refractivity contribution >= 4 is 5.78 Å². The summed E-state index contributed by atoms with van der Waals surface area (Å²) in [6.45, 7) is 7.55. The Morgan fingerprint density at radius 2 is 1.94 bits per heavy atom. The minimum atomic E-state index is -1.09. The van der Waals surface area contributed by atoms with Crippen LogP contribution in [0.3, 0.4) is 0 Å². The zero-order chi connectivity index (χ0) is 13.2. The van der Waals surface area contributed by atoms with Crippen molar-refractivity contribution in [2.24, 2.45) is 0 Å². The van der Waals surface area contributed by atoms with Gasteiger partial charge in [0.2, 0.25) is 0 Å². The average Bonchev–Trinajstić information content (AvgIpc) is 2.31. The molecule has 0 aliphatic carbocycles. The molecule has 1 N–H and O–H groups in total. The zero-order valence-electron chi connectivity index (χ0n) is 11.1. The molecule has 1 atom stereocenters. The topological polar surface area (TPSA) is 46.5 Å². The summed E-state index contributed by atoms with van der Waals surface area (Å²) in [4.78, 5) is 11.6. The highest BCUT2D eigenvalue weighted by Crippen LogP contribution is 2.34. The third kappa shape index (κ3) is 2.50. The van der Waals surface area contributed by atoms with Crippen LogP contribution in [0.15, 0.2) is 6.07 Å².